The van der Waals surface area contributed by atoms with Gasteiger partial charge in [0.2, 0.25) is 0 Å². The molecule has 0 spiro atoms. The van der Waals surface area contributed by atoms with E-state index in [1.165, 1.54) is 0 Å². The molecule has 6 heteroatoms. The van der Waals surface area contributed by atoms with Crippen molar-refractivity contribution < 1.29 is 22.7 Å². The van der Waals surface area contributed by atoms with Gasteiger partial charge in [-0.15, -0.1) is 0 Å². The lowest BCUT2D eigenvalue weighted by Gasteiger charge is -2.19. The van der Waals surface area contributed by atoms with Crippen LogP contribution in [0.25, 0.3) is 0 Å². The van der Waals surface area contributed by atoms with Gasteiger partial charge in [0.1, 0.15) is 0 Å². The standard InChI is InChI=1S/C9H16F3NO2/c1-8(2)4-3-7(15-8)5-13-14-6-9(10,11)12/h7,13H,3-6H2,1-2H3. The van der Waals surface area contributed by atoms with Crippen molar-refractivity contribution in [1.82, 2.24) is 5.48 Å². The Morgan fingerprint density at radius 1 is 1.47 bits per heavy atom. The third-order valence-corrected chi connectivity index (χ3v) is 2.20. The van der Waals surface area contributed by atoms with E-state index >= 15 is 0 Å². The van der Waals surface area contributed by atoms with E-state index in [0.717, 1.165) is 12.8 Å². The van der Waals surface area contributed by atoms with Crippen LogP contribution >= 0.6 is 0 Å². The Labute approximate surface area is 86.9 Å². The van der Waals surface area contributed by atoms with Gasteiger partial charge in [-0.2, -0.15) is 18.7 Å². The number of hydrogen-bond donors (Lipinski definition) is 1. The number of rotatable bonds is 4. The Hall–Kier alpha value is -0.330. The summed E-state index contributed by atoms with van der Waals surface area (Å²) in [6.07, 6.45) is -2.59. The van der Waals surface area contributed by atoms with Crippen LogP contribution in [0.3, 0.4) is 0 Å². The first-order chi connectivity index (χ1) is 6.79. The Bertz CT molecular complexity index is 206. The quantitative estimate of drug-likeness (QED) is 0.588. The van der Waals surface area contributed by atoms with Gasteiger partial charge >= 0.3 is 6.18 Å². The SMILES string of the molecule is CC1(C)CCC(CNOCC(F)(F)F)O1. The molecule has 90 valence electrons. The van der Waals surface area contributed by atoms with E-state index in [1.54, 1.807) is 0 Å². The topological polar surface area (TPSA) is 30.5 Å². The average molecular weight is 227 g/mol. The van der Waals surface area contributed by atoms with Crippen LogP contribution in [-0.2, 0) is 9.57 Å². The first-order valence-corrected chi connectivity index (χ1v) is 4.88. The van der Waals surface area contributed by atoms with E-state index in [1.807, 2.05) is 13.8 Å². The molecule has 15 heavy (non-hydrogen) atoms. The molecule has 0 aliphatic carbocycles. The summed E-state index contributed by atoms with van der Waals surface area (Å²) in [6, 6.07) is 0. The molecular formula is C9H16F3NO2. The zero-order valence-corrected chi connectivity index (χ0v) is 8.86. The minimum absolute atomic E-state index is 0.0618. The number of nitrogens with one attached hydrogen (secondary N) is 1. The summed E-state index contributed by atoms with van der Waals surface area (Å²) in [4.78, 5) is 4.27. The third-order valence-electron chi connectivity index (χ3n) is 2.20. The Kier molecular flexibility index (Phi) is 3.97. The molecule has 1 N–H and O–H groups in total. The van der Waals surface area contributed by atoms with Crippen molar-refractivity contribution in [3.63, 3.8) is 0 Å². The van der Waals surface area contributed by atoms with E-state index in [-0.39, 0.29) is 11.7 Å². The predicted molar refractivity (Wildman–Crippen MR) is 48.2 cm³/mol. The van der Waals surface area contributed by atoms with Gasteiger partial charge in [-0.1, -0.05) is 0 Å². The fraction of sp³-hybridized carbons (Fsp3) is 1.00. The molecule has 1 aliphatic heterocycles. The van der Waals surface area contributed by atoms with Gasteiger partial charge < -0.3 is 4.74 Å². The molecule has 0 bridgehead atoms. The van der Waals surface area contributed by atoms with Crippen LogP contribution in [0.4, 0.5) is 13.2 Å². The average Bonchev–Trinajstić information content (AvgIpc) is 2.38. The Balaban J connectivity index is 2.07. The molecule has 0 amide bonds. The summed E-state index contributed by atoms with van der Waals surface area (Å²) in [6.45, 7) is 2.94. The maximum atomic E-state index is 11.7. The zero-order valence-electron chi connectivity index (χ0n) is 8.86. The van der Waals surface area contributed by atoms with Gasteiger partial charge in [-0.25, -0.2) is 0 Å². The second-order valence-corrected chi connectivity index (χ2v) is 4.29. The highest BCUT2D eigenvalue weighted by Crippen LogP contribution is 2.28. The van der Waals surface area contributed by atoms with Crippen LogP contribution in [-0.4, -0.2) is 31.0 Å². The molecule has 1 aliphatic rings. The third kappa shape index (κ3) is 5.34. The summed E-state index contributed by atoms with van der Waals surface area (Å²) >= 11 is 0. The van der Waals surface area contributed by atoms with Gasteiger partial charge in [0.05, 0.1) is 11.7 Å². The summed E-state index contributed by atoms with van der Waals surface area (Å²) in [5.41, 5.74) is 2.11. The number of halogens is 3. The molecule has 1 fully saturated rings. The van der Waals surface area contributed by atoms with Crippen LogP contribution in [0.2, 0.25) is 0 Å². The molecule has 3 nitrogen and oxygen atoms in total. The normalized spacial score (nSPS) is 25.8. The number of hydrogen-bond acceptors (Lipinski definition) is 3. The van der Waals surface area contributed by atoms with Crippen LogP contribution < -0.4 is 5.48 Å². The van der Waals surface area contributed by atoms with Crippen molar-refractivity contribution in [3.8, 4) is 0 Å². The van der Waals surface area contributed by atoms with E-state index in [0.29, 0.717) is 6.54 Å². The molecular weight excluding hydrogens is 211 g/mol. The van der Waals surface area contributed by atoms with Gasteiger partial charge in [0.25, 0.3) is 0 Å². The van der Waals surface area contributed by atoms with Gasteiger partial charge in [-0.05, 0) is 26.7 Å². The summed E-state index contributed by atoms with van der Waals surface area (Å²) in [5, 5.41) is 0. The first-order valence-electron chi connectivity index (χ1n) is 4.88. The fourth-order valence-corrected chi connectivity index (χ4v) is 1.51. The Morgan fingerprint density at radius 3 is 2.60 bits per heavy atom. The highest BCUT2D eigenvalue weighted by molar-refractivity contribution is 4.81. The van der Waals surface area contributed by atoms with Crippen molar-refractivity contribution in [1.29, 1.82) is 0 Å². The fourth-order valence-electron chi connectivity index (χ4n) is 1.51. The van der Waals surface area contributed by atoms with Crippen LogP contribution in [0.1, 0.15) is 26.7 Å². The van der Waals surface area contributed by atoms with Crippen LogP contribution in [0.15, 0.2) is 0 Å². The minimum Gasteiger partial charge on any atom is -0.371 e. The van der Waals surface area contributed by atoms with Gasteiger partial charge in [-0.3, -0.25) is 4.84 Å². The smallest absolute Gasteiger partial charge is 0.371 e. The summed E-state index contributed by atoms with van der Waals surface area (Å²) in [5.74, 6) is 0. The lowest BCUT2D eigenvalue weighted by molar-refractivity contribution is -0.192. The van der Waals surface area contributed by atoms with Crippen molar-refractivity contribution in [2.75, 3.05) is 13.2 Å². The molecule has 0 aromatic carbocycles. The van der Waals surface area contributed by atoms with Crippen LogP contribution in [0.5, 0.6) is 0 Å². The highest BCUT2D eigenvalue weighted by atomic mass is 19.4. The number of hydroxylamine groups is 1. The minimum atomic E-state index is -4.29. The van der Waals surface area contributed by atoms with Crippen molar-refractivity contribution in [2.45, 2.75) is 44.6 Å². The van der Waals surface area contributed by atoms with Gasteiger partial charge in [0.15, 0.2) is 6.61 Å². The molecule has 0 saturated carbocycles. The van der Waals surface area contributed by atoms with E-state index in [2.05, 4.69) is 10.3 Å². The maximum Gasteiger partial charge on any atom is 0.413 e. The predicted octanol–water partition coefficient (Wildman–Crippen LogP) is 2.03. The molecule has 0 aromatic rings. The first kappa shape index (κ1) is 12.7. The van der Waals surface area contributed by atoms with E-state index in [4.69, 9.17) is 4.74 Å². The lowest BCUT2D eigenvalue weighted by atomic mass is 10.1. The van der Waals surface area contributed by atoms with Gasteiger partial charge in [0, 0.05) is 6.54 Å². The number of ether oxygens (including phenoxy) is 1. The van der Waals surface area contributed by atoms with Crippen molar-refractivity contribution in [2.24, 2.45) is 0 Å². The van der Waals surface area contributed by atoms with Crippen molar-refractivity contribution >= 4 is 0 Å². The monoisotopic (exact) mass is 227 g/mol. The highest BCUT2D eigenvalue weighted by Gasteiger charge is 2.32. The molecule has 1 rings (SSSR count). The zero-order chi connectivity index (χ0) is 11.5. The maximum absolute atomic E-state index is 11.7. The largest absolute Gasteiger partial charge is 0.413 e. The molecule has 1 saturated heterocycles. The lowest BCUT2D eigenvalue weighted by Crippen LogP contribution is -2.32. The molecule has 1 atom stereocenters. The summed E-state index contributed by atoms with van der Waals surface area (Å²) in [7, 11) is 0. The number of alkyl halides is 3. The Morgan fingerprint density at radius 2 is 2.13 bits per heavy atom. The second-order valence-electron chi connectivity index (χ2n) is 4.29. The molecule has 1 heterocycles. The molecule has 0 radical (unpaired) electrons. The molecule has 0 aromatic heterocycles. The second kappa shape index (κ2) is 4.67. The van der Waals surface area contributed by atoms with E-state index < -0.39 is 12.8 Å². The van der Waals surface area contributed by atoms with Crippen molar-refractivity contribution in [3.05, 3.63) is 0 Å². The summed E-state index contributed by atoms with van der Waals surface area (Å²) < 4.78 is 40.6. The van der Waals surface area contributed by atoms with E-state index in [9.17, 15) is 13.2 Å². The molecule has 1 unspecified atom stereocenters. The van der Waals surface area contributed by atoms with Crippen LogP contribution in [0, 0.1) is 0 Å².